The third-order valence-corrected chi connectivity index (χ3v) is 5.63. The predicted molar refractivity (Wildman–Crippen MR) is 112 cm³/mol. The number of anilines is 2. The van der Waals surface area contributed by atoms with Crippen LogP contribution in [-0.2, 0) is 4.74 Å². The molecule has 0 radical (unpaired) electrons. The minimum absolute atomic E-state index is 0.693. The Hall–Kier alpha value is -2.29. The molecular formula is C20H25N5O2S. The molecular weight excluding hydrogens is 374 g/mol. The van der Waals surface area contributed by atoms with E-state index < -0.39 is 0 Å². The Balaban J connectivity index is 1.42. The number of benzene rings is 1. The second kappa shape index (κ2) is 8.81. The number of hydrogen-bond donors (Lipinski definition) is 1. The summed E-state index contributed by atoms with van der Waals surface area (Å²) in [4.78, 5) is 15.7. The number of rotatable bonds is 7. The minimum Gasteiger partial charge on any atom is -0.493 e. The Labute approximate surface area is 168 Å². The molecule has 1 aliphatic heterocycles. The van der Waals surface area contributed by atoms with Gasteiger partial charge in [-0.15, -0.1) is 11.3 Å². The van der Waals surface area contributed by atoms with Gasteiger partial charge in [-0.05, 0) is 31.9 Å². The van der Waals surface area contributed by atoms with Crippen molar-refractivity contribution in [1.29, 1.82) is 0 Å². The van der Waals surface area contributed by atoms with Crippen molar-refractivity contribution in [2.75, 3.05) is 44.8 Å². The van der Waals surface area contributed by atoms with Gasteiger partial charge < -0.3 is 14.8 Å². The first-order chi connectivity index (χ1) is 13.7. The molecule has 1 aromatic carbocycles. The first-order valence-corrected chi connectivity index (χ1v) is 10.4. The molecule has 0 aliphatic carbocycles. The lowest BCUT2D eigenvalue weighted by atomic mass is 10.1. The average Bonchev–Trinajstić information content (AvgIpc) is 3.11. The summed E-state index contributed by atoms with van der Waals surface area (Å²) in [6, 6.07) is 4.08. The van der Waals surface area contributed by atoms with Crippen molar-refractivity contribution in [3.8, 4) is 5.75 Å². The molecule has 2 aromatic heterocycles. The molecule has 3 aromatic rings. The van der Waals surface area contributed by atoms with Crippen LogP contribution in [0.1, 0.15) is 17.7 Å². The first-order valence-electron chi connectivity index (χ1n) is 9.56. The number of nitrogens with zero attached hydrogens (tertiary/aromatic N) is 4. The molecule has 148 valence electrons. The normalized spacial score (nSPS) is 15.1. The zero-order valence-electron chi connectivity index (χ0n) is 16.3. The minimum atomic E-state index is 0.693. The van der Waals surface area contributed by atoms with Crippen molar-refractivity contribution in [3.05, 3.63) is 35.1 Å². The molecule has 8 heteroatoms. The second-order valence-electron chi connectivity index (χ2n) is 6.93. The highest BCUT2D eigenvalue weighted by Crippen LogP contribution is 2.30. The summed E-state index contributed by atoms with van der Waals surface area (Å²) in [7, 11) is 0. The zero-order valence-corrected chi connectivity index (χ0v) is 17.1. The van der Waals surface area contributed by atoms with Gasteiger partial charge in [0, 0.05) is 36.5 Å². The molecule has 1 N–H and O–H groups in total. The van der Waals surface area contributed by atoms with Gasteiger partial charge in [0.25, 0.3) is 0 Å². The van der Waals surface area contributed by atoms with Gasteiger partial charge in [-0.2, -0.15) is 0 Å². The third-order valence-electron chi connectivity index (χ3n) is 4.76. The maximum absolute atomic E-state index is 6.05. The molecule has 0 spiro atoms. The number of aromatic nitrogens is 3. The van der Waals surface area contributed by atoms with Crippen molar-refractivity contribution in [2.45, 2.75) is 20.3 Å². The monoisotopic (exact) mass is 399 g/mol. The van der Waals surface area contributed by atoms with Crippen LogP contribution in [0.2, 0.25) is 0 Å². The molecule has 3 heterocycles. The van der Waals surface area contributed by atoms with Gasteiger partial charge >= 0.3 is 0 Å². The second-order valence-corrected chi connectivity index (χ2v) is 7.79. The van der Waals surface area contributed by atoms with Crippen LogP contribution >= 0.6 is 11.3 Å². The molecule has 7 nitrogen and oxygen atoms in total. The number of fused-ring (bicyclic) bond motifs is 1. The van der Waals surface area contributed by atoms with Gasteiger partial charge in [0.15, 0.2) is 5.13 Å². The Morgan fingerprint density at radius 1 is 1.21 bits per heavy atom. The number of thiazole rings is 1. The van der Waals surface area contributed by atoms with Crippen LogP contribution in [0.4, 0.5) is 10.9 Å². The van der Waals surface area contributed by atoms with Crippen molar-refractivity contribution in [1.82, 2.24) is 19.9 Å². The average molecular weight is 400 g/mol. The fourth-order valence-electron chi connectivity index (χ4n) is 3.25. The summed E-state index contributed by atoms with van der Waals surface area (Å²) >= 11 is 1.57. The van der Waals surface area contributed by atoms with E-state index >= 15 is 0 Å². The van der Waals surface area contributed by atoms with Crippen molar-refractivity contribution in [3.63, 3.8) is 0 Å². The highest BCUT2D eigenvalue weighted by atomic mass is 32.1. The molecule has 1 saturated heterocycles. The summed E-state index contributed by atoms with van der Waals surface area (Å²) in [5.41, 5.74) is 2.93. The van der Waals surface area contributed by atoms with Gasteiger partial charge in [0.05, 0.1) is 31.0 Å². The van der Waals surface area contributed by atoms with E-state index in [2.05, 4.69) is 38.2 Å². The lowest BCUT2D eigenvalue weighted by Gasteiger charge is -2.26. The molecule has 4 rings (SSSR count). The van der Waals surface area contributed by atoms with Gasteiger partial charge in [0.1, 0.15) is 17.9 Å². The van der Waals surface area contributed by atoms with E-state index in [9.17, 15) is 0 Å². The van der Waals surface area contributed by atoms with Gasteiger partial charge in [-0.3, -0.25) is 4.90 Å². The Morgan fingerprint density at radius 2 is 2.07 bits per heavy atom. The predicted octanol–water partition coefficient (Wildman–Crippen LogP) is 3.55. The Morgan fingerprint density at radius 3 is 2.86 bits per heavy atom. The molecule has 1 fully saturated rings. The molecule has 1 aliphatic rings. The molecule has 0 amide bonds. The van der Waals surface area contributed by atoms with Crippen LogP contribution in [0.15, 0.2) is 23.8 Å². The van der Waals surface area contributed by atoms with E-state index in [4.69, 9.17) is 9.47 Å². The molecule has 0 bridgehead atoms. The van der Waals surface area contributed by atoms with Crippen molar-refractivity contribution in [2.24, 2.45) is 0 Å². The summed E-state index contributed by atoms with van der Waals surface area (Å²) in [5.74, 6) is 1.64. The molecule has 0 unspecified atom stereocenters. The van der Waals surface area contributed by atoms with Crippen LogP contribution in [0, 0.1) is 13.8 Å². The Kier molecular flexibility index (Phi) is 5.99. The fourth-order valence-corrected chi connectivity index (χ4v) is 3.94. The number of morpholine rings is 1. The smallest absolute Gasteiger partial charge is 0.188 e. The van der Waals surface area contributed by atoms with E-state index in [1.165, 1.54) is 0 Å². The number of hydrogen-bond acceptors (Lipinski definition) is 8. The fraction of sp³-hybridized carbons (Fsp3) is 0.450. The maximum atomic E-state index is 6.05. The third kappa shape index (κ3) is 4.57. The standard InChI is InChI=1S/C20H25N5O2S/c1-14-10-16-17(21-13-22-19(16)24-20-23-15(2)12-28-20)11-18(14)27-7-3-4-25-5-8-26-9-6-25/h10-13H,3-9H2,1-2H3,(H,21,22,23,24). The lowest BCUT2D eigenvalue weighted by Crippen LogP contribution is -2.37. The van der Waals surface area contributed by atoms with E-state index in [0.717, 1.165) is 78.1 Å². The quantitative estimate of drug-likeness (QED) is 0.609. The molecule has 28 heavy (non-hydrogen) atoms. The van der Waals surface area contributed by atoms with Gasteiger partial charge in [-0.1, -0.05) is 0 Å². The summed E-state index contributed by atoms with van der Waals surface area (Å²) < 4.78 is 11.4. The number of aryl methyl sites for hydroxylation is 2. The SMILES string of the molecule is Cc1csc(Nc2ncnc3cc(OCCCN4CCOCC4)c(C)cc23)n1. The van der Waals surface area contributed by atoms with E-state index in [1.54, 1.807) is 17.7 Å². The van der Waals surface area contributed by atoms with Crippen LogP contribution in [0.25, 0.3) is 10.9 Å². The summed E-state index contributed by atoms with van der Waals surface area (Å²) in [5, 5.41) is 7.11. The van der Waals surface area contributed by atoms with Gasteiger partial charge in [-0.25, -0.2) is 15.0 Å². The van der Waals surface area contributed by atoms with Crippen LogP contribution in [0.5, 0.6) is 5.75 Å². The number of ether oxygens (including phenoxy) is 2. The Bertz CT molecular complexity index is 939. The summed E-state index contributed by atoms with van der Waals surface area (Å²) in [6.07, 6.45) is 2.57. The highest BCUT2D eigenvalue weighted by Gasteiger charge is 2.12. The summed E-state index contributed by atoms with van der Waals surface area (Å²) in [6.45, 7) is 9.47. The van der Waals surface area contributed by atoms with E-state index in [1.807, 2.05) is 18.4 Å². The van der Waals surface area contributed by atoms with Crippen LogP contribution in [-0.4, -0.2) is 59.3 Å². The molecule has 0 saturated carbocycles. The zero-order chi connectivity index (χ0) is 19.3. The highest BCUT2D eigenvalue weighted by molar-refractivity contribution is 7.13. The lowest BCUT2D eigenvalue weighted by molar-refractivity contribution is 0.0358. The van der Waals surface area contributed by atoms with Gasteiger partial charge in [0.2, 0.25) is 0 Å². The molecule has 0 atom stereocenters. The van der Waals surface area contributed by atoms with Crippen LogP contribution in [0.3, 0.4) is 0 Å². The first kappa shape index (κ1) is 19.0. The maximum Gasteiger partial charge on any atom is 0.188 e. The van der Waals surface area contributed by atoms with E-state index in [0.29, 0.717) is 6.61 Å². The topological polar surface area (TPSA) is 72.4 Å². The number of nitrogens with one attached hydrogen (secondary N) is 1. The largest absolute Gasteiger partial charge is 0.493 e. The van der Waals surface area contributed by atoms with Crippen molar-refractivity contribution < 1.29 is 9.47 Å². The van der Waals surface area contributed by atoms with E-state index in [-0.39, 0.29) is 0 Å². The van der Waals surface area contributed by atoms with Crippen molar-refractivity contribution >= 4 is 33.2 Å². The van der Waals surface area contributed by atoms with Crippen LogP contribution < -0.4 is 10.1 Å².